The fraction of sp³-hybridized carbons (Fsp3) is 0.567. The molecule has 3 aliphatic rings. The lowest BCUT2D eigenvalue weighted by molar-refractivity contribution is -0.143. The molecule has 1 aromatic rings. The average molecular weight is 555 g/mol. The van der Waals surface area contributed by atoms with E-state index < -0.39 is 22.6 Å². The Morgan fingerprint density at radius 3 is 2.33 bits per heavy atom. The van der Waals surface area contributed by atoms with Gasteiger partial charge in [0.1, 0.15) is 6.04 Å². The Bertz CT molecular complexity index is 1090. The summed E-state index contributed by atoms with van der Waals surface area (Å²) in [5, 5.41) is 9.61. The fourth-order valence-electron chi connectivity index (χ4n) is 6.77. The van der Waals surface area contributed by atoms with Gasteiger partial charge in [-0.25, -0.2) is 0 Å². The van der Waals surface area contributed by atoms with E-state index in [1.807, 2.05) is 24.3 Å². The summed E-state index contributed by atoms with van der Waals surface area (Å²) in [4.78, 5) is 49.3. The Kier molecular flexibility index (Phi) is 9.11. The van der Waals surface area contributed by atoms with Crippen molar-refractivity contribution in [2.24, 2.45) is 11.8 Å². The van der Waals surface area contributed by atoms with E-state index >= 15 is 0 Å². The maximum atomic E-state index is 14.5. The molecule has 1 aromatic carbocycles. The molecule has 9 heteroatoms. The Labute approximate surface area is 236 Å². The van der Waals surface area contributed by atoms with Crippen molar-refractivity contribution < 1.29 is 19.5 Å². The molecule has 2 bridgehead atoms. The van der Waals surface area contributed by atoms with Gasteiger partial charge in [0.2, 0.25) is 11.8 Å². The zero-order valence-corrected chi connectivity index (χ0v) is 24.2. The first-order valence-electron chi connectivity index (χ1n) is 14.0. The molecule has 1 N–H and O–H groups in total. The first-order valence-corrected chi connectivity index (χ1v) is 14.9. The number of carbonyl (C=O) groups is 3. The summed E-state index contributed by atoms with van der Waals surface area (Å²) in [7, 11) is 1.74. The molecule has 1 spiro atoms. The van der Waals surface area contributed by atoms with Crippen molar-refractivity contribution >= 4 is 40.9 Å². The number of aliphatic hydroxyl groups is 1. The number of likely N-dealkylation sites (N-methyl/N-ethyl adjacent to an activating group) is 1. The van der Waals surface area contributed by atoms with Crippen LogP contribution in [0.3, 0.4) is 0 Å². The predicted molar refractivity (Wildman–Crippen MR) is 158 cm³/mol. The zero-order valence-electron chi connectivity index (χ0n) is 23.4. The Balaban J connectivity index is 1.72. The summed E-state index contributed by atoms with van der Waals surface area (Å²) in [6.45, 7) is 14.6. The van der Waals surface area contributed by atoms with Gasteiger partial charge in [-0.1, -0.05) is 12.2 Å². The lowest BCUT2D eigenvalue weighted by atomic mass is 9.70. The van der Waals surface area contributed by atoms with Gasteiger partial charge in [0, 0.05) is 63.0 Å². The summed E-state index contributed by atoms with van der Waals surface area (Å²) in [5.74, 6) is -1.36. The second-order valence-corrected chi connectivity index (χ2v) is 12.2. The monoisotopic (exact) mass is 554 g/mol. The van der Waals surface area contributed by atoms with Crippen LogP contribution in [-0.2, 0) is 14.4 Å². The molecule has 3 aliphatic heterocycles. The number of benzene rings is 1. The average Bonchev–Trinajstić information content (AvgIpc) is 3.58. The smallest absolute Gasteiger partial charge is 0.251 e. The summed E-state index contributed by atoms with van der Waals surface area (Å²) in [6.07, 6.45) is 5.27. The third kappa shape index (κ3) is 4.99. The van der Waals surface area contributed by atoms with E-state index in [2.05, 4.69) is 31.9 Å². The topological polar surface area (TPSA) is 84.4 Å². The third-order valence-corrected chi connectivity index (χ3v) is 10.5. The van der Waals surface area contributed by atoms with Crippen molar-refractivity contribution in [2.45, 2.75) is 49.1 Å². The highest BCUT2D eigenvalue weighted by atomic mass is 32.2. The van der Waals surface area contributed by atoms with Crippen LogP contribution >= 0.6 is 11.8 Å². The third-order valence-electron chi connectivity index (χ3n) is 8.52. The number of hydrogen-bond donors (Lipinski definition) is 1. The van der Waals surface area contributed by atoms with Gasteiger partial charge in [-0.15, -0.1) is 24.9 Å². The first-order chi connectivity index (χ1) is 18.8. The van der Waals surface area contributed by atoms with Crippen LogP contribution in [0.1, 0.15) is 33.1 Å². The molecule has 0 radical (unpaired) electrons. The maximum absolute atomic E-state index is 14.5. The van der Waals surface area contributed by atoms with Gasteiger partial charge < -0.3 is 24.7 Å². The lowest BCUT2D eigenvalue weighted by Crippen LogP contribution is -2.55. The summed E-state index contributed by atoms with van der Waals surface area (Å²) >= 11 is 1.66. The molecule has 212 valence electrons. The summed E-state index contributed by atoms with van der Waals surface area (Å²) in [5.41, 5.74) is 1.84. The molecule has 3 heterocycles. The van der Waals surface area contributed by atoms with Crippen LogP contribution in [0.2, 0.25) is 0 Å². The van der Waals surface area contributed by atoms with Gasteiger partial charge >= 0.3 is 0 Å². The highest BCUT2D eigenvalue weighted by molar-refractivity contribution is 8.02. The number of hydrogen-bond acceptors (Lipinski definition) is 6. The van der Waals surface area contributed by atoms with Gasteiger partial charge in [0.15, 0.2) is 0 Å². The predicted octanol–water partition coefficient (Wildman–Crippen LogP) is 3.17. The minimum absolute atomic E-state index is 0.00946. The van der Waals surface area contributed by atoms with Crippen LogP contribution < -0.4 is 9.80 Å². The van der Waals surface area contributed by atoms with Crippen LogP contribution in [-0.4, -0.2) is 95.0 Å². The van der Waals surface area contributed by atoms with Crippen molar-refractivity contribution in [1.29, 1.82) is 0 Å². The minimum atomic E-state index is -0.707. The highest BCUT2D eigenvalue weighted by Gasteiger charge is 2.73. The van der Waals surface area contributed by atoms with E-state index in [0.717, 1.165) is 30.9 Å². The van der Waals surface area contributed by atoms with Crippen molar-refractivity contribution in [1.82, 2.24) is 9.80 Å². The molecule has 3 saturated heterocycles. The highest BCUT2D eigenvalue weighted by Crippen LogP contribution is 2.66. The molecule has 0 aliphatic carbocycles. The Morgan fingerprint density at radius 2 is 1.74 bits per heavy atom. The van der Waals surface area contributed by atoms with Gasteiger partial charge in [-0.05, 0) is 57.4 Å². The SMILES string of the molecule is C=CCN(C)C(=O)[C@@H]1[C@H]2C(=O)N(CCCO)C(C(=O)N(CC=C)c3ccc(N(CC)CC)cc3)C23CC[C@H]1S3. The van der Waals surface area contributed by atoms with E-state index in [9.17, 15) is 19.5 Å². The first kappa shape index (κ1) is 29.2. The molecule has 3 amide bonds. The van der Waals surface area contributed by atoms with Crippen LogP contribution in [0.25, 0.3) is 0 Å². The number of rotatable bonds is 13. The van der Waals surface area contributed by atoms with E-state index in [0.29, 0.717) is 25.9 Å². The number of anilines is 2. The number of amides is 3. The van der Waals surface area contributed by atoms with Crippen molar-refractivity contribution in [3.8, 4) is 0 Å². The van der Waals surface area contributed by atoms with Crippen molar-refractivity contribution in [3.63, 3.8) is 0 Å². The Morgan fingerprint density at radius 1 is 1.10 bits per heavy atom. The number of thioether (sulfide) groups is 1. The Hall–Kier alpha value is -2.78. The molecule has 5 atom stereocenters. The van der Waals surface area contributed by atoms with Gasteiger partial charge in [0.05, 0.1) is 16.6 Å². The lowest BCUT2D eigenvalue weighted by Gasteiger charge is -2.37. The number of carbonyl (C=O) groups excluding carboxylic acids is 3. The summed E-state index contributed by atoms with van der Waals surface area (Å²) < 4.78 is -0.662. The summed E-state index contributed by atoms with van der Waals surface area (Å²) in [6, 6.07) is 7.25. The number of fused-ring (bicyclic) bond motifs is 1. The number of likely N-dealkylation sites (tertiary alicyclic amines) is 1. The fourth-order valence-corrected chi connectivity index (χ4v) is 8.97. The van der Waals surface area contributed by atoms with E-state index in [-0.39, 0.29) is 36.1 Å². The standard InChI is InChI=1S/C30H42N4O4S/c1-6-17-31(5)27(36)24-23-15-16-30(39-23)25(24)28(37)34(19-10-20-35)26(30)29(38)33(18-7-2)22-13-11-21(12-14-22)32(8-3)9-4/h6-7,11-14,23-26,35H,1-2,8-10,15-20H2,3-5H3/t23-,24+,25+,26?,30?/m1/s1. The zero-order chi connectivity index (χ0) is 28.3. The van der Waals surface area contributed by atoms with E-state index in [1.165, 1.54) is 0 Å². The molecule has 3 fully saturated rings. The molecule has 4 rings (SSSR count). The maximum Gasteiger partial charge on any atom is 0.251 e. The second-order valence-electron chi connectivity index (χ2n) is 10.6. The molecule has 8 nitrogen and oxygen atoms in total. The van der Waals surface area contributed by atoms with Gasteiger partial charge in [-0.2, -0.15) is 0 Å². The molecular formula is C30H42N4O4S. The van der Waals surface area contributed by atoms with Gasteiger partial charge in [-0.3, -0.25) is 14.4 Å². The van der Waals surface area contributed by atoms with Crippen LogP contribution in [0, 0.1) is 11.8 Å². The number of aliphatic hydroxyl groups excluding tert-OH is 1. The normalized spacial score (nSPS) is 26.9. The van der Waals surface area contributed by atoms with Crippen LogP contribution in [0.15, 0.2) is 49.6 Å². The quantitative estimate of drug-likeness (QED) is 0.377. The molecule has 0 saturated carbocycles. The van der Waals surface area contributed by atoms with E-state index in [4.69, 9.17) is 0 Å². The molecular weight excluding hydrogens is 512 g/mol. The van der Waals surface area contributed by atoms with Crippen LogP contribution in [0.4, 0.5) is 11.4 Å². The largest absolute Gasteiger partial charge is 0.396 e. The minimum Gasteiger partial charge on any atom is -0.396 e. The second kappa shape index (κ2) is 12.2. The molecule has 0 aromatic heterocycles. The molecule has 39 heavy (non-hydrogen) atoms. The molecule has 2 unspecified atom stereocenters. The number of nitrogens with zero attached hydrogens (tertiary/aromatic N) is 4. The van der Waals surface area contributed by atoms with E-state index in [1.54, 1.807) is 45.7 Å². The van der Waals surface area contributed by atoms with Crippen molar-refractivity contribution in [3.05, 3.63) is 49.6 Å². The van der Waals surface area contributed by atoms with Gasteiger partial charge in [0.25, 0.3) is 5.91 Å². The van der Waals surface area contributed by atoms with Crippen LogP contribution in [0.5, 0.6) is 0 Å². The van der Waals surface area contributed by atoms with Crippen molar-refractivity contribution in [2.75, 3.05) is 56.2 Å².